The third-order valence-corrected chi connectivity index (χ3v) is 7.01. The molecule has 1 fully saturated rings. The van der Waals surface area contributed by atoms with Crippen LogP contribution >= 0.6 is 0 Å². The van der Waals surface area contributed by atoms with Crippen LogP contribution in [0.15, 0.2) is 84.9 Å². The average molecular weight is 499 g/mol. The molecule has 4 rings (SSSR count). The standard InChI is InChI=1S/C31H38N4O2/c1-23(2)30(36)32-28-15-9-12-26(22-28)24-16-19-35(20-17-24)21-18-29(25-10-5-3-6-11-25)34-31(37)33-27-13-7-4-8-14-27/h3-15,22-24,29H,16-21H2,1-2H3,(H,32,36)(H2,33,34,37). The Morgan fingerprint density at radius 2 is 1.49 bits per heavy atom. The Morgan fingerprint density at radius 1 is 0.838 bits per heavy atom. The van der Waals surface area contributed by atoms with Crippen molar-refractivity contribution >= 4 is 23.3 Å². The van der Waals surface area contributed by atoms with E-state index < -0.39 is 0 Å². The van der Waals surface area contributed by atoms with Crippen molar-refractivity contribution < 1.29 is 9.59 Å². The largest absolute Gasteiger partial charge is 0.331 e. The second kappa shape index (κ2) is 13.1. The fraction of sp³-hybridized carbons (Fsp3) is 0.355. The molecule has 6 heteroatoms. The lowest BCUT2D eigenvalue weighted by Crippen LogP contribution is -2.37. The fourth-order valence-electron chi connectivity index (χ4n) is 4.81. The lowest BCUT2D eigenvalue weighted by atomic mass is 9.89. The number of nitrogens with one attached hydrogen (secondary N) is 3. The number of benzene rings is 3. The van der Waals surface area contributed by atoms with Gasteiger partial charge in [0.05, 0.1) is 6.04 Å². The fourth-order valence-corrected chi connectivity index (χ4v) is 4.81. The van der Waals surface area contributed by atoms with Gasteiger partial charge in [-0.1, -0.05) is 74.5 Å². The zero-order valence-electron chi connectivity index (χ0n) is 21.8. The number of para-hydroxylation sites is 1. The maximum atomic E-state index is 12.7. The van der Waals surface area contributed by atoms with Crippen molar-refractivity contribution in [1.29, 1.82) is 0 Å². The zero-order valence-corrected chi connectivity index (χ0v) is 21.8. The van der Waals surface area contributed by atoms with Crippen LogP contribution in [0.5, 0.6) is 0 Å². The van der Waals surface area contributed by atoms with Gasteiger partial charge in [0.1, 0.15) is 0 Å². The van der Waals surface area contributed by atoms with Crippen LogP contribution in [0, 0.1) is 5.92 Å². The highest BCUT2D eigenvalue weighted by atomic mass is 16.2. The average Bonchev–Trinajstić information content (AvgIpc) is 2.92. The third-order valence-electron chi connectivity index (χ3n) is 7.01. The smallest absolute Gasteiger partial charge is 0.319 e. The minimum atomic E-state index is -0.191. The first-order valence-electron chi connectivity index (χ1n) is 13.3. The highest BCUT2D eigenvalue weighted by Crippen LogP contribution is 2.30. The number of hydrogen-bond donors (Lipinski definition) is 3. The van der Waals surface area contributed by atoms with Crippen LogP contribution in [0.4, 0.5) is 16.2 Å². The molecule has 3 amide bonds. The van der Waals surface area contributed by atoms with Crippen LogP contribution in [-0.4, -0.2) is 36.5 Å². The van der Waals surface area contributed by atoms with Crippen LogP contribution < -0.4 is 16.0 Å². The van der Waals surface area contributed by atoms with Crippen molar-refractivity contribution in [3.8, 4) is 0 Å². The highest BCUT2D eigenvalue weighted by molar-refractivity contribution is 5.92. The molecular weight excluding hydrogens is 460 g/mol. The van der Waals surface area contributed by atoms with Gasteiger partial charge in [-0.25, -0.2) is 4.79 Å². The Balaban J connectivity index is 1.30. The van der Waals surface area contributed by atoms with Gasteiger partial charge in [0, 0.05) is 23.8 Å². The number of hydrogen-bond acceptors (Lipinski definition) is 3. The van der Waals surface area contributed by atoms with Crippen molar-refractivity contribution in [2.45, 2.75) is 45.1 Å². The first kappa shape index (κ1) is 26.4. The molecule has 0 aromatic heterocycles. The molecular formula is C31H38N4O2. The molecule has 3 aromatic rings. The molecule has 6 nitrogen and oxygen atoms in total. The number of piperidine rings is 1. The summed E-state index contributed by atoms with van der Waals surface area (Å²) in [6, 6.07) is 27.7. The molecule has 1 saturated heterocycles. The first-order valence-corrected chi connectivity index (χ1v) is 13.3. The molecule has 0 bridgehead atoms. The number of nitrogens with zero attached hydrogens (tertiary/aromatic N) is 1. The minimum absolute atomic E-state index is 0.0366. The van der Waals surface area contributed by atoms with Gasteiger partial charge in [0.25, 0.3) is 0 Å². The summed E-state index contributed by atoms with van der Waals surface area (Å²) in [6.45, 7) is 6.77. The number of rotatable bonds is 9. The molecule has 1 aliphatic rings. The Kier molecular flexibility index (Phi) is 9.33. The molecule has 3 aromatic carbocycles. The van der Waals surface area contributed by atoms with E-state index >= 15 is 0 Å². The summed E-state index contributed by atoms with van der Waals surface area (Å²) in [7, 11) is 0. The summed E-state index contributed by atoms with van der Waals surface area (Å²) in [6.07, 6.45) is 3.01. The molecule has 37 heavy (non-hydrogen) atoms. The summed E-state index contributed by atoms with van der Waals surface area (Å²) in [5, 5.41) is 9.13. The van der Waals surface area contributed by atoms with Crippen LogP contribution in [0.3, 0.4) is 0 Å². The van der Waals surface area contributed by atoms with Gasteiger partial charge in [-0.3, -0.25) is 4.79 Å². The van der Waals surface area contributed by atoms with E-state index in [1.165, 1.54) is 5.56 Å². The second-order valence-corrected chi connectivity index (χ2v) is 10.1. The van der Waals surface area contributed by atoms with Crippen LogP contribution in [0.25, 0.3) is 0 Å². The van der Waals surface area contributed by atoms with E-state index in [9.17, 15) is 9.59 Å². The summed E-state index contributed by atoms with van der Waals surface area (Å²) in [5.74, 6) is 0.503. The van der Waals surface area contributed by atoms with Gasteiger partial charge < -0.3 is 20.9 Å². The SMILES string of the molecule is CC(C)C(=O)Nc1cccc(C2CCN(CCC(NC(=O)Nc3ccccc3)c3ccccc3)CC2)c1. The van der Waals surface area contributed by atoms with Crippen molar-refractivity contribution in [1.82, 2.24) is 10.2 Å². The minimum Gasteiger partial charge on any atom is -0.331 e. The lowest BCUT2D eigenvalue weighted by Gasteiger charge is -2.33. The van der Waals surface area contributed by atoms with Crippen molar-refractivity contribution in [2.24, 2.45) is 5.92 Å². The molecule has 1 atom stereocenters. The molecule has 1 aliphatic heterocycles. The number of anilines is 2. The Labute approximate surface area is 220 Å². The molecule has 0 spiro atoms. The number of carbonyl (C=O) groups is 2. The summed E-state index contributed by atoms with van der Waals surface area (Å²) in [5.41, 5.74) is 4.06. The number of carbonyl (C=O) groups excluding carboxylic acids is 2. The maximum Gasteiger partial charge on any atom is 0.319 e. The topological polar surface area (TPSA) is 73.5 Å². The Hall–Kier alpha value is -3.64. The van der Waals surface area contributed by atoms with Crippen LogP contribution in [-0.2, 0) is 4.79 Å². The van der Waals surface area contributed by atoms with E-state index in [-0.39, 0.29) is 23.9 Å². The molecule has 0 aliphatic carbocycles. The number of urea groups is 1. The summed E-state index contributed by atoms with van der Waals surface area (Å²) < 4.78 is 0. The number of likely N-dealkylation sites (tertiary alicyclic amines) is 1. The van der Waals surface area contributed by atoms with Gasteiger partial charge in [0.15, 0.2) is 0 Å². The quantitative estimate of drug-likeness (QED) is 0.319. The predicted molar refractivity (Wildman–Crippen MR) is 151 cm³/mol. The Morgan fingerprint density at radius 3 is 2.16 bits per heavy atom. The molecule has 3 N–H and O–H groups in total. The summed E-state index contributed by atoms with van der Waals surface area (Å²) >= 11 is 0. The zero-order chi connectivity index (χ0) is 26.0. The van der Waals surface area contributed by atoms with E-state index in [2.05, 4.69) is 45.1 Å². The van der Waals surface area contributed by atoms with Crippen molar-refractivity contribution in [3.63, 3.8) is 0 Å². The van der Waals surface area contributed by atoms with E-state index in [1.807, 2.05) is 74.5 Å². The molecule has 0 saturated carbocycles. The molecule has 1 unspecified atom stereocenters. The highest BCUT2D eigenvalue weighted by Gasteiger charge is 2.23. The van der Waals surface area contributed by atoms with Gasteiger partial charge >= 0.3 is 6.03 Å². The van der Waals surface area contributed by atoms with Gasteiger partial charge in [-0.2, -0.15) is 0 Å². The van der Waals surface area contributed by atoms with Gasteiger partial charge in [-0.05, 0) is 73.7 Å². The van der Waals surface area contributed by atoms with E-state index in [0.29, 0.717) is 5.92 Å². The maximum absolute atomic E-state index is 12.7. The first-order chi connectivity index (χ1) is 18.0. The predicted octanol–water partition coefficient (Wildman–Crippen LogP) is 6.41. The van der Waals surface area contributed by atoms with Crippen molar-refractivity contribution in [2.75, 3.05) is 30.3 Å². The van der Waals surface area contributed by atoms with E-state index in [4.69, 9.17) is 0 Å². The second-order valence-electron chi connectivity index (χ2n) is 10.1. The normalized spacial score (nSPS) is 15.2. The van der Waals surface area contributed by atoms with Crippen LogP contribution in [0.1, 0.15) is 56.2 Å². The van der Waals surface area contributed by atoms with Crippen molar-refractivity contribution in [3.05, 3.63) is 96.1 Å². The van der Waals surface area contributed by atoms with Gasteiger partial charge in [-0.15, -0.1) is 0 Å². The number of amides is 3. The Bertz CT molecular complexity index is 1140. The summed E-state index contributed by atoms with van der Waals surface area (Å²) in [4.78, 5) is 27.3. The monoisotopic (exact) mass is 498 g/mol. The molecule has 0 radical (unpaired) electrons. The molecule has 194 valence electrons. The van der Waals surface area contributed by atoms with E-state index in [1.54, 1.807) is 0 Å². The van der Waals surface area contributed by atoms with E-state index in [0.717, 1.165) is 55.8 Å². The van der Waals surface area contributed by atoms with Gasteiger partial charge in [0.2, 0.25) is 5.91 Å². The third kappa shape index (κ3) is 7.92. The molecule has 1 heterocycles. The van der Waals surface area contributed by atoms with Crippen LogP contribution in [0.2, 0.25) is 0 Å². The lowest BCUT2D eigenvalue weighted by molar-refractivity contribution is -0.118.